The number of fused-ring (bicyclic) bond motifs is 1. The van der Waals surface area contributed by atoms with Gasteiger partial charge in [0, 0.05) is 24.5 Å². The number of rotatable bonds is 1. The zero-order valence-corrected chi connectivity index (χ0v) is 11.6. The Hall–Kier alpha value is -1.62. The lowest BCUT2D eigenvalue weighted by Crippen LogP contribution is -2.44. The molecule has 0 saturated carbocycles. The Kier molecular flexibility index (Phi) is 3.38. The highest BCUT2D eigenvalue weighted by molar-refractivity contribution is 6.30. The maximum Gasteiger partial charge on any atom is 0.249 e. The molecular weight excluding hydrogens is 283 g/mol. The predicted molar refractivity (Wildman–Crippen MR) is 73.1 cm³/mol. The second-order valence-electron chi connectivity index (χ2n) is 5.08. The SMILES string of the molecule is O=C1C2CCCN2C(=O)CCN1c1ccc(Cl)cc1F. The van der Waals surface area contributed by atoms with E-state index in [-0.39, 0.29) is 35.5 Å². The van der Waals surface area contributed by atoms with Crippen LogP contribution in [0.15, 0.2) is 18.2 Å². The summed E-state index contributed by atoms with van der Waals surface area (Å²) >= 11 is 5.73. The fourth-order valence-corrected chi connectivity index (χ4v) is 3.06. The van der Waals surface area contributed by atoms with Gasteiger partial charge in [0.1, 0.15) is 11.9 Å². The van der Waals surface area contributed by atoms with Gasteiger partial charge < -0.3 is 9.80 Å². The molecule has 0 aromatic heterocycles. The van der Waals surface area contributed by atoms with Gasteiger partial charge in [0.2, 0.25) is 11.8 Å². The van der Waals surface area contributed by atoms with Crippen LogP contribution in [0.1, 0.15) is 19.3 Å². The van der Waals surface area contributed by atoms with Crippen LogP contribution in [0, 0.1) is 5.82 Å². The van der Waals surface area contributed by atoms with E-state index >= 15 is 0 Å². The number of halogens is 2. The van der Waals surface area contributed by atoms with Crippen LogP contribution < -0.4 is 4.90 Å². The lowest BCUT2D eigenvalue weighted by molar-refractivity contribution is -0.135. The van der Waals surface area contributed by atoms with Gasteiger partial charge in [-0.1, -0.05) is 11.6 Å². The topological polar surface area (TPSA) is 40.6 Å². The van der Waals surface area contributed by atoms with Gasteiger partial charge in [0.25, 0.3) is 0 Å². The Morgan fingerprint density at radius 3 is 2.80 bits per heavy atom. The van der Waals surface area contributed by atoms with Gasteiger partial charge in [-0.2, -0.15) is 0 Å². The molecule has 2 fully saturated rings. The Morgan fingerprint density at radius 1 is 1.25 bits per heavy atom. The molecule has 0 N–H and O–H groups in total. The molecule has 6 heteroatoms. The van der Waals surface area contributed by atoms with E-state index in [9.17, 15) is 14.0 Å². The molecule has 2 amide bonds. The molecule has 1 atom stereocenters. The normalized spacial score (nSPS) is 23.0. The Labute approximate surface area is 121 Å². The molecule has 1 aromatic rings. The molecule has 3 rings (SSSR count). The first-order valence-corrected chi connectivity index (χ1v) is 7.01. The Bertz CT molecular complexity index is 578. The molecule has 0 bridgehead atoms. The molecule has 2 aliphatic rings. The zero-order chi connectivity index (χ0) is 14.3. The minimum Gasteiger partial charge on any atom is -0.331 e. The molecule has 2 aliphatic heterocycles. The molecular formula is C14H14ClFN2O2. The number of hydrogen-bond acceptors (Lipinski definition) is 2. The van der Waals surface area contributed by atoms with E-state index in [0.717, 1.165) is 6.42 Å². The van der Waals surface area contributed by atoms with E-state index in [1.54, 1.807) is 11.0 Å². The molecule has 106 valence electrons. The summed E-state index contributed by atoms with van der Waals surface area (Å²) in [7, 11) is 0. The predicted octanol–water partition coefficient (Wildman–Crippen LogP) is 2.21. The first-order valence-electron chi connectivity index (χ1n) is 6.64. The van der Waals surface area contributed by atoms with Crippen LogP contribution in [-0.2, 0) is 9.59 Å². The van der Waals surface area contributed by atoms with E-state index < -0.39 is 11.9 Å². The third-order valence-corrected chi connectivity index (χ3v) is 4.11. The summed E-state index contributed by atoms with van der Waals surface area (Å²) in [5, 5.41) is 0.284. The van der Waals surface area contributed by atoms with Crippen LogP contribution in [0.25, 0.3) is 0 Å². The number of benzene rings is 1. The smallest absolute Gasteiger partial charge is 0.249 e. The van der Waals surface area contributed by atoms with Crippen LogP contribution in [0.4, 0.5) is 10.1 Å². The molecule has 0 aliphatic carbocycles. The van der Waals surface area contributed by atoms with Crippen molar-refractivity contribution in [2.24, 2.45) is 0 Å². The molecule has 1 aromatic carbocycles. The highest BCUT2D eigenvalue weighted by Gasteiger charge is 2.40. The summed E-state index contributed by atoms with van der Waals surface area (Å²) < 4.78 is 14.0. The minimum absolute atomic E-state index is 0.0299. The third-order valence-electron chi connectivity index (χ3n) is 3.87. The first kappa shape index (κ1) is 13.4. The summed E-state index contributed by atoms with van der Waals surface area (Å²) in [6.07, 6.45) is 1.69. The van der Waals surface area contributed by atoms with Gasteiger partial charge in [-0.15, -0.1) is 0 Å². The number of hydrogen-bond donors (Lipinski definition) is 0. The van der Waals surface area contributed by atoms with Crippen LogP contribution >= 0.6 is 11.6 Å². The van der Waals surface area contributed by atoms with Crippen LogP contribution in [0.2, 0.25) is 5.02 Å². The van der Waals surface area contributed by atoms with Crippen LogP contribution in [0.3, 0.4) is 0 Å². The quantitative estimate of drug-likeness (QED) is 0.797. The summed E-state index contributed by atoms with van der Waals surface area (Å²) in [4.78, 5) is 27.5. The zero-order valence-electron chi connectivity index (χ0n) is 10.8. The standard InChI is InChI=1S/C14H14ClFN2O2/c15-9-3-4-11(10(16)8-9)18-7-5-13(19)17-6-1-2-12(17)14(18)20/h3-4,8,12H,1-2,5-7H2. The van der Waals surface area contributed by atoms with Crippen molar-refractivity contribution in [2.45, 2.75) is 25.3 Å². The largest absolute Gasteiger partial charge is 0.331 e. The van der Waals surface area contributed by atoms with Gasteiger partial charge in [-0.3, -0.25) is 9.59 Å². The maximum atomic E-state index is 14.0. The van der Waals surface area contributed by atoms with Gasteiger partial charge >= 0.3 is 0 Å². The van der Waals surface area contributed by atoms with E-state index in [2.05, 4.69) is 0 Å². The van der Waals surface area contributed by atoms with Gasteiger partial charge in [-0.05, 0) is 31.0 Å². The molecule has 4 nitrogen and oxygen atoms in total. The number of carbonyl (C=O) groups is 2. The van der Waals surface area contributed by atoms with Crippen LogP contribution in [-0.4, -0.2) is 35.8 Å². The summed E-state index contributed by atoms with van der Waals surface area (Å²) in [5.41, 5.74) is 0.195. The van der Waals surface area contributed by atoms with E-state index in [0.29, 0.717) is 13.0 Å². The van der Waals surface area contributed by atoms with E-state index in [1.807, 2.05) is 0 Å². The fraction of sp³-hybridized carbons (Fsp3) is 0.429. The van der Waals surface area contributed by atoms with Crippen molar-refractivity contribution in [1.82, 2.24) is 4.90 Å². The lowest BCUT2D eigenvalue weighted by atomic mass is 10.2. The summed E-state index contributed by atoms with van der Waals surface area (Å²) in [5.74, 6) is -0.767. The van der Waals surface area contributed by atoms with E-state index in [1.165, 1.54) is 17.0 Å². The van der Waals surface area contributed by atoms with Gasteiger partial charge in [-0.25, -0.2) is 4.39 Å². The van der Waals surface area contributed by atoms with Crippen molar-refractivity contribution in [3.05, 3.63) is 29.0 Å². The van der Waals surface area contributed by atoms with Crippen LogP contribution in [0.5, 0.6) is 0 Å². The molecule has 2 saturated heterocycles. The molecule has 2 heterocycles. The van der Waals surface area contributed by atoms with Crippen molar-refractivity contribution in [2.75, 3.05) is 18.0 Å². The van der Waals surface area contributed by atoms with Crippen molar-refractivity contribution >= 4 is 29.1 Å². The highest BCUT2D eigenvalue weighted by Crippen LogP contribution is 2.29. The van der Waals surface area contributed by atoms with Crippen molar-refractivity contribution in [1.29, 1.82) is 0 Å². The van der Waals surface area contributed by atoms with Crippen molar-refractivity contribution in [3.8, 4) is 0 Å². The molecule has 0 spiro atoms. The summed E-state index contributed by atoms with van der Waals surface area (Å²) in [6.45, 7) is 0.829. The minimum atomic E-state index is -0.537. The molecule has 1 unspecified atom stereocenters. The average Bonchev–Trinajstić information content (AvgIpc) is 2.85. The second kappa shape index (κ2) is 5.05. The number of carbonyl (C=O) groups excluding carboxylic acids is 2. The number of nitrogens with zero attached hydrogens (tertiary/aromatic N) is 2. The first-order chi connectivity index (χ1) is 9.58. The average molecular weight is 297 g/mol. The maximum absolute atomic E-state index is 14.0. The fourth-order valence-electron chi connectivity index (χ4n) is 2.90. The second-order valence-corrected chi connectivity index (χ2v) is 5.52. The van der Waals surface area contributed by atoms with Gasteiger partial charge in [0.05, 0.1) is 5.69 Å². The van der Waals surface area contributed by atoms with E-state index in [4.69, 9.17) is 11.6 Å². The van der Waals surface area contributed by atoms with Gasteiger partial charge in [0.15, 0.2) is 0 Å². The summed E-state index contributed by atoms with van der Waals surface area (Å²) in [6, 6.07) is 3.78. The van der Waals surface area contributed by atoms with Crippen molar-refractivity contribution < 1.29 is 14.0 Å². The lowest BCUT2D eigenvalue weighted by Gasteiger charge is -2.25. The Balaban J connectivity index is 1.96. The third kappa shape index (κ3) is 2.16. The number of anilines is 1. The molecule has 20 heavy (non-hydrogen) atoms. The highest BCUT2D eigenvalue weighted by atomic mass is 35.5. The Morgan fingerprint density at radius 2 is 2.05 bits per heavy atom. The van der Waals surface area contributed by atoms with Crippen molar-refractivity contribution in [3.63, 3.8) is 0 Å². The number of amides is 2. The monoisotopic (exact) mass is 296 g/mol. The molecule has 0 radical (unpaired) electrons.